The highest BCUT2D eigenvalue weighted by molar-refractivity contribution is 6.30. The number of halogens is 1. The molecule has 0 aliphatic carbocycles. The Kier molecular flexibility index (Phi) is 5.41. The molecule has 1 atom stereocenters. The number of benzene rings is 2. The lowest BCUT2D eigenvalue weighted by atomic mass is 10.2. The molecule has 0 saturated carbocycles. The number of nitrogens with zero attached hydrogens (tertiary/aromatic N) is 1. The zero-order chi connectivity index (χ0) is 14.4. The molecule has 4 heteroatoms. The molecule has 3 nitrogen and oxygen atoms in total. The monoisotopic (exact) mass is 291 g/mol. The first-order chi connectivity index (χ1) is 9.69. The van der Waals surface area contributed by atoms with Crippen LogP contribution >= 0.6 is 11.6 Å². The van der Waals surface area contributed by atoms with E-state index in [2.05, 4.69) is 0 Å². The van der Waals surface area contributed by atoms with Gasteiger partial charge in [-0.05, 0) is 29.8 Å². The van der Waals surface area contributed by atoms with Gasteiger partial charge in [0.25, 0.3) is 0 Å². The molecule has 0 aliphatic rings. The average molecular weight is 292 g/mol. The van der Waals surface area contributed by atoms with Gasteiger partial charge in [-0.15, -0.1) is 0 Å². The molecular weight excluding hydrogens is 274 g/mol. The second-order valence-electron chi connectivity index (χ2n) is 4.68. The smallest absolute Gasteiger partial charge is 0.0945 e. The topological polar surface area (TPSA) is 43.7 Å². The summed E-state index contributed by atoms with van der Waals surface area (Å²) in [6.07, 6.45) is -0.769. The van der Waals surface area contributed by atoms with Gasteiger partial charge in [0.15, 0.2) is 0 Å². The van der Waals surface area contributed by atoms with Crippen LogP contribution in [0.1, 0.15) is 5.56 Å². The van der Waals surface area contributed by atoms with E-state index in [0.717, 1.165) is 11.3 Å². The number of anilines is 1. The Balaban J connectivity index is 2.18. The zero-order valence-corrected chi connectivity index (χ0v) is 11.9. The Morgan fingerprint density at radius 2 is 1.65 bits per heavy atom. The predicted octanol–water partition coefficient (Wildman–Crippen LogP) is 2.70. The van der Waals surface area contributed by atoms with Crippen molar-refractivity contribution in [3.63, 3.8) is 0 Å². The van der Waals surface area contributed by atoms with E-state index in [9.17, 15) is 5.11 Å². The van der Waals surface area contributed by atoms with Crippen LogP contribution < -0.4 is 4.90 Å². The van der Waals surface area contributed by atoms with Gasteiger partial charge in [0.05, 0.1) is 12.7 Å². The van der Waals surface area contributed by atoms with Crippen LogP contribution in [0.15, 0.2) is 54.6 Å². The van der Waals surface area contributed by atoms with Gasteiger partial charge in [0.2, 0.25) is 0 Å². The zero-order valence-electron chi connectivity index (χ0n) is 11.1. The summed E-state index contributed by atoms with van der Waals surface area (Å²) >= 11 is 5.90. The maximum Gasteiger partial charge on any atom is 0.0945 e. The van der Waals surface area contributed by atoms with E-state index < -0.39 is 6.10 Å². The fourth-order valence-corrected chi connectivity index (χ4v) is 2.16. The van der Waals surface area contributed by atoms with Gasteiger partial charge >= 0.3 is 0 Å². The average Bonchev–Trinajstić information content (AvgIpc) is 2.48. The van der Waals surface area contributed by atoms with Gasteiger partial charge in [0, 0.05) is 23.8 Å². The summed E-state index contributed by atoms with van der Waals surface area (Å²) in [5, 5.41) is 19.4. The quantitative estimate of drug-likeness (QED) is 0.860. The summed E-state index contributed by atoms with van der Waals surface area (Å²) in [4.78, 5) is 2.02. The fourth-order valence-electron chi connectivity index (χ4n) is 2.03. The van der Waals surface area contributed by atoms with Crippen LogP contribution in [0.4, 0.5) is 5.69 Å². The van der Waals surface area contributed by atoms with E-state index in [1.54, 1.807) is 0 Å². The molecule has 0 unspecified atom stereocenters. The van der Waals surface area contributed by atoms with E-state index in [1.165, 1.54) is 0 Å². The largest absolute Gasteiger partial charge is 0.394 e. The Morgan fingerprint density at radius 3 is 2.25 bits per heavy atom. The third kappa shape index (κ3) is 4.23. The highest BCUT2D eigenvalue weighted by atomic mass is 35.5. The van der Waals surface area contributed by atoms with Crippen LogP contribution in [-0.4, -0.2) is 29.5 Å². The number of aliphatic hydroxyl groups is 2. The minimum Gasteiger partial charge on any atom is -0.394 e. The van der Waals surface area contributed by atoms with E-state index >= 15 is 0 Å². The van der Waals surface area contributed by atoms with Crippen LogP contribution in [0.2, 0.25) is 5.02 Å². The maximum atomic E-state index is 9.70. The maximum absolute atomic E-state index is 9.70. The van der Waals surface area contributed by atoms with Gasteiger partial charge in [-0.25, -0.2) is 0 Å². The predicted molar refractivity (Wildman–Crippen MR) is 82.0 cm³/mol. The van der Waals surface area contributed by atoms with E-state index in [-0.39, 0.29) is 6.61 Å². The number of hydrogen-bond donors (Lipinski definition) is 2. The minimum atomic E-state index is -0.769. The molecule has 2 aromatic rings. The number of rotatable bonds is 6. The summed E-state index contributed by atoms with van der Waals surface area (Å²) in [5.74, 6) is 0. The first-order valence-corrected chi connectivity index (χ1v) is 6.90. The molecule has 2 aromatic carbocycles. The number of hydrogen-bond acceptors (Lipinski definition) is 3. The van der Waals surface area contributed by atoms with Gasteiger partial charge in [0.1, 0.15) is 0 Å². The SMILES string of the molecule is OC[C@H](O)CN(Cc1ccccc1)c1ccc(Cl)cc1. The molecule has 0 bridgehead atoms. The van der Waals surface area contributed by atoms with Gasteiger partial charge < -0.3 is 15.1 Å². The van der Waals surface area contributed by atoms with Gasteiger partial charge in [-0.1, -0.05) is 41.9 Å². The van der Waals surface area contributed by atoms with Crippen LogP contribution in [-0.2, 0) is 6.54 Å². The van der Waals surface area contributed by atoms with Crippen molar-refractivity contribution in [2.45, 2.75) is 12.6 Å². The molecular formula is C16H18ClNO2. The van der Waals surface area contributed by atoms with Crippen molar-refractivity contribution < 1.29 is 10.2 Å². The summed E-state index contributed by atoms with van der Waals surface area (Å²) in [6, 6.07) is 17.5. The van der Waals surface area contributed by atoms with Crippen molar-refractivity contribution in [2.75, 3.05) is 18.1 Å². The lowest BCUT2D eigenvalue weighted by Crippen LogP contribution is -2.33. The lowest BCUT2D eigenvalue weighted by molar-refractivity contribution is 0.0996. The summed E-state index contributed by atoms with van der Waals surface area (Å²) in [5.41, 5.74) is 2.11. The van der Waals surface area contributed by atoms with Crippen LogP contribution in [0, 0.1) is 0 Å². The standard InChI is InChI=1S/C16H18ClNO2/c17-14-6-8-15(9-7-14)18(11-16(20)12-19)10-13-4-2-1-3-5-13/h1-9,16,19-20H,10-12H2/t16-/m1/s1. The molecule has 0 amide bonds. The first kappa shape index (κ1) is 14.9. The molecule has 0 spiro atoms. The van der Waals surface area contributed by atoms with E-state index in [4.69, 9.17) is 16.7 Å². The van der Waals surface area contributed by atoms with Gasteiger partial charge in [-0.2, -0.15) is 0 Å². The third-order valence-electron chi connectivity index (χ3n) is 3.05. The molecule has 2 N–H and O–H groups in total. The van der Waals surface area contributed by atoms with Crippen molar-refractivity contribution in [1.29, 1.82) is 0 Å². The molecule has 0 heterocycles. The summed E-state index contributed by atoms with van der Waals surface area (Å²) in [7, 11) is 0. The number of aliphatic hydroxyl groups excluding tert-OH is 2. The normalized spacial score (nSPS) is 12.2. The van der Waals surface area contributed by atoms with Crippen molar-refractivity contribution in [3.8, 4) is 0 Å². The Labute approximate surface area is 124 Å². The Bertz CT molecular complexity index is 516. The third-order valence-corrected chi connectivity index (χ3v) is 3.30. The molecule has 0 aromatic heterocycles. The Hall–Kier alpha value is -1.55. The highest BCUT2D eigenvalue weighted by Crippen LogP contribution is 2.20. The first-order valence-electron chi connectivity index (χ1n) is 6.52. The highest BCUT2D eigenvalue weighted by Gasteiger charge is 2.12. The van der Waals surface area contributed by atoms with Crippen molar-refractivity contribution >= 4 is 17.3 Å². The molecule has 2 rings (SSSR count). The second-order valence-corrected chi connectivity index (χ2v) is 5.12. The molecule has 0 aliphatic heterocycles. The van der Waals surface area contributed by atoms with Gasteiger partial charge in [-0.3, -0.25) is 0 Å². The van der Waals surface area contributed by atoms with Crippen molar-refractivity contribution in [2.24, 2.45) is 0 Å². The molecule has 0 radical (unpaired) electrons. The molecule has 20 heavy (non-hydrogen) atoms. The van der Waals surface area contributed by atoms with E-state index in [1.807, 2.05) is 59.5 Å². The second kappa shape index (κ2) is 7.29. The summed E-state index contributed by atoms with van der Waals surface area (Å²) < 4.78 is 0. The molecule has 106 valence electrons. The van der Waals surface area contributed by atoms with E-state index in [0.29, 0.717) is 18.1 Å². The Morgan fingerprint density at radius 1 is 1.00 bits per heavy atom. The van der Waals surface area contributed by atoms with Crippen LogP contribution in [0.25, 0.3) is 0 Å². The lowest BCUT2D eigenvalue weighted by Gasteiger charge is -2.27. The summed E-state index contributed by atoms with van der Waals surface area (Å²) in [6.45, 7) is 0.783. The van der Waals surface area contributed by atoms with Crippen molar-refractivity contribution in [3.05, 3.63) is 65.2 Å². The van der Waals surface area contributed by atoms with Crippen LogP contribution in [0.5, 0.6) is 0 Å². The fraction of sp³-hybridized carbons (Fsp3) is 0.250. The molecule has 0 saturated heterocycles. The van der Waals surface area contributed by atoms with Crippen LogP contribution in [0.3, 0.4) is 0 Å². The van der Waals surface area contributed by atoms with Crippen molar-refractivity contribution in [1.82, 2.24) is 0 Å². The minimum absolute atomic E-state index is 0.251. The molecule has 0 fully saturated rings.